The number of hydrogen-bond acceptors (Lipinski definition) is 2. The standard InChI is InChI=1S/C19H29N3O.HI/c1-3-20-18(21-13-15-5-9-17(23-2)10-6-15)22-14-19(11-4-12-19)16-7-8-16;/h5-6,9-10,16H,3-4,7-8,11-14H2,1-2H3,(H2,20,21,22);1H. The van der Waals surface area contributed by atoms with Gasteiger partial charge in [0.2, 0.25) is 0 Å². The van der Waals surface area contributed by atoms with Crippen LogP contribution in [-0.2, 0) is 6.54 Å². The predicted molar refractivity (Wildman–Crippen MR) is 110 cm³/mol. The van der Waals surface area contributed by atoms with Crippen molar-refractivity contribution in [3.05, 3.63) is 29.8 Å². The van der Waals surface area contributed by atoms with Crippen LogP contribution in [-0.4, -0.2) is 26.2 Å². The molecule has 24 heavy (non-hydrogen) atoms. The fourth-order valence-corrected chi connectivity index (χ4v) is 3.56. The van der Waals surface area contributed by atoms with E-state index in [9.17, 15) is 0 Å². The summed E-state index contributed by atoms with van der Waals surface area (Å²) < 4.78 is 5.20. The van der Waals surface area contributed by atoms with E-state index in [1.807, 2.05) is 12.1 Å². The van der Waals surface area contributed by atoms with Crippen molar-refractivity contribution >= 4 is 29.9 Å². The molecule has 0 radical (unpaired) electrons. The number of benzene rings is 1. The van der Waals surface area contributed by atoms with Crippen LogP contribution in [0, 0.1) is 11.3 Å². The van der Waals surface area contributed by atoms with Gasteiger partial charge < -0.3 is 15.4 Å². The SMILES string of the molecule is CCNC(=NCc1ccc(OC)cc1)NCC1(C2CC2)CCC1.I. The lowest BCUT2D eigenvalue weighted by Crippen LogP contribution is -2.47. The Hall–Kier alpha value is -0.980. The minimum Gasteiger partial charge on any atom is -0.497 e. The van der Waals surface area contributed by atoms with Gasteiger partial charge in [0, 0.05) is 13.1 Å². The molecule has 3 rings (SSSR count). The zero-order valence-electron chi connectivity index (χ0n) is 14.8. The monoisotopic (exact) mass is 443 g/mol. The average Bonchev–Trinajstić information content (AvgIpc) is 3.37. The molecule has 2 fully saturated rings. The molecule has 0 spiro atoms. The van der Waals surface area contributed by atoms with Gasteiger partial charge in [0.15, 0.2) is 5.96 Å². The van der Waals surface area contributed by atoms with E-state index in [0.29, 0.717) is 12.0 Å². The van der Waals surface area contributed by atoms with Crippen molar-refractivity contribution in [3.8, 4) is 5.75 Å². The van der Waals surface area contributed by atoms with Crippen molar-refractivity contribution in [3.63, 3.8) is 0 Å². The summed E-state index contributed by atoms with van der Waals surface area (Å²) in [5, 5.41) is 6.96. The van der Waals surface area contributed by atoms with Gasteiger partial charge >= 0.3 is 0 Å². The second-order valence-electron chi connectivity index (χ2n) is 6.89. The van der Waals surface area contributed by atoms with Gasteiger partial charge in [-0.1, -0.05) is 18.6 Å². The van der Waals surface area contributed by atoms with E-state index < -0.39 is 0 Å². The highest BCUT2D eigenvalue weighted by Crippen LogP contribution is 2.56. The second-order valence-corrected chi connectivity index (χ2v) is 6.89. The minimum absolute atomic E-state index is 0. The quantitative estimate of drug-likeness (QED) is 0.381. The number of halogens is 1. The van der Waals surface area contributed by atoms with E-state index in [1.54, 1.807) is 7.11 Å². The Morgan fingerprint density at radius 2 is 1.92 bits per heavy atom. The first-order valence-corrected chi connectivity index (χ1v) is 8.91. The van der Waals surface area contributed by atoms with E-state index in [2.05, 4.69) is 29.7 Å². The molecule has 0 bridgehead atoms. The normalized spacial score (nSPS) is 19.0. The van der Waals surface area contributed by atoms with Gasteiger partial charge in [0.05, 0.1) is 13.7 Å². The van der Waals surface area contributed by atoms with Crippen LogP contribution < -0.4 is 15.4 Å². The summed E-state index contributed by atoms with van der Waals surface area (Å²) >= 11 is 0. The van der Waals surface area contributed by atoms with Crippen molar-refractivity contribution in [1.29, 1.82) is 0 Å². The average molecular weight is 443 g/mol. The largest absolute Gasteiger partial charge is 0.497 e. The lowest BCUT2D eigenvalue weighted by Gasteiger charge is -2.43. The van der Waals surface area contributed by atoms with Gasteiger partial charge in [-0.2, -0.15) is 0 Å². The summed E-state index contributed by atoms with van der Waals surface area (Å²) in [6, 6.07) is 8.12. The van der Waals surface area contributed by atoms with E-state index in [-0.39, 0.29) is 24.0 Å². The molecular formula is C19H30IN3O. The van der Waals surface area contributed by atoms with Gasteiger partial charge in [-0.3, -0.25) is 0 Å². The first kappa shape index (κ1) is 19.3. The van der Waals surface area contributed by atoms with Crippen molar-refractivity contribution in [2.45, 2.75) is 45.6 Å². The third kappa shape index (κ3) is 4.77. The number of rotatable bonds is 7. The topological polar surface area (TPSA) is 45.7 Å². The third-order valence-electron chi connectivity index (χ3n) is 5.32. The van der Waals surface area contributed by atoms with Crippen molar-refractivity contribution in [1.82, 2.24) is 10.6 Å². The van der Waals surface area contributed by atoms with Crippen LogP contribution in [0.2, 0.25) is 0 Å². The zero-order chi connectivity index (χ0) is 16.1. The fourth-order valence-electron chi connectivity index (χ4n) is 3.56. The van der Waals surface area contributed by atoms with Gasteiger partial charge in [-0.15, -0.1) is 24.0 Å². The van der Waals surface area contributed by atoms with Crippen LogP contribution in [0.4, 0.5) is 0 Å². The summed E-state index contributed by atoms with van der Waals surface area (Å²) in [6.45, 7) is 4.78. The summed E-state index contributed by atoms with van der Waals surface area (Å²) in [4.78, 5) is 4.73. The lowest BCUT2D eigenvalue weighted by molar-refractivity contribution is 0.106. The lowest BCUT2D eigenvalue weighted by atomic mass is 9.65. The highest BCUT2D eigenvalue weighted by molar-refractivity contribution is 14.0. The van der Waals surface area contributed by atoms with Crippen LogP contribution in [0.15, 0.2) is 29.3 Å². The highest BCUT2D eigenvalue weighted by Gasteiger charge is 2.48. The maximum atomic E-state index is 5.20. The molecule has 1 aromatic carbocycles. The molecule has 0 aromatic heterocycles. The number of aliphatic imine (C=N–C) groups is 1. The van der Waals surface area contributed by atoms with Crippen LogP contribution in [0.25, 0.3) is 0 Å². The Kier molecular flexibility index (Phi) is 7.19. The molecule has 0 heterocycles. The molecule has 1 aromatic rings. The second kappa shape index (κ2) is 8.92. The Labute approximate surface area is 162 Å². The van der Waals surface area contributed by atoms with Crippen LogP contribution in [0.3, 0.4) is 0 Å². The number of ether oxygens (including phenoxy) is 1. The van der Waals surface area contributed by atoms with E-state index in [1.165, 1.54) is 37.7 Å². The van der Waals surface area contributed by atoms with E-state index >= 15 is 0 Å². The minimum atomic E-state index is 0. The smallest absolute Gasteiger partial charge is 0.191 e. The fraction of sp³-hybridized carbons (Fsp3) is 0.632. The number of guanidine groups is 1. The van der Waals surface area contributed by atoms with Gasteiger partial charge in [0.1, 0.15) is 5.75 Å². The first-order chi connectivity index (χ1) is 11.3. The molecule has 0 atom stereocenters. The Bertz CT molecular complexity index is 536. The molecule has 2 N–H and O–H groups in total. The summed E-state index contributed by atoms with van der Waals surface area (Å²) in [7, 11) is 1.69. The summed E-state index contributed by atoms with van der Waals surface area (Å²) in [5.41, 5.74) is 1.76. The third-order valence-corrected chi connectivity index (χ3v) is 5.32. The molecular weight excluding hydrogens is 413 g/mol. The molecule has 0 unspecified atom stereocenters. The number of nitrogens with zero attached hydrogens (tertiary/aromatic N) is 1. The molecule has 2 aliphatic rings. The van der Waals surface area contributed by atoms with E-state index in [4.69, 9.17) is 9.73 Å². The maximum absolute atomic E-state index is 5.20. The maximum Gasteiger partial charge on any atom is 0.191 e. The molecule has 2 aliphatic carbocycles. The molecule has 2 saturated carbocycles. The van der Waals surface area contributed by atoms with E-state index in [0.717, 1.165) is 30.7 Å². The highest BCUT2D eigenvalue weighted by atomic mass is 127. The van der Waals surface area contributed by atoms with Gasteiger partial charge in [-0.25, -0.2) is 4.99 Å². The van der Waals surface area contributed by atoms with Gasteiger partial charge in [0.25, 0.3) is 0 Å². The van der Waals surface area contributed by atoms with Crippen molar-refractivity contribution in [2.24, 2.45) is 16.3 Å². The zero-order valence-corrected chi connectivity index (χ0v) is 17.1. The molecule has 5 heteroatoms. The van der Waals surface area contributed by atoms with Crippen molar-refractivity contribution < 1.29 is 4.74 Å². The Morgan fingerprint density at radius 1 is 1.21 bits per heavy atom. The van der Waals surface area contributed by atoms with Crippen LogP contribution in [0.1, 0.15) is 44.6 Å². The molecule has 134 valence electrons. The number of nitrogens with one attached hydrogen (secondary N) is 2. The van der Waals surface area contributed by atoms with Gasteiger partial charge in [-0.05, 0) is 61.6 Å². The van der Waals surface area contributed by atoms with Crippen LogP contribution in [0.5, 0.6) is 5.75 Å². The Balaban J connectivity index is 0.00000208. The Morgan fingerprint density at radius 3 is 2.42 bits per heavy atom. The number of methoxy groups -OCH3 is 1. The summed E-state index contributed by atoms with van der Waals surface area (Å²) in [5.74, 6) is 2.79. The molecule has 0 aliphatic heterocycles. The number of hydrogen-bond donors (Lipinski definition) is 2. The molecule has 0 saturated heterocycles. The predicted octanol–water partition coefficient (Wildman–Crippen LogP) is 3.95. The summed E-state index contributed by atoms with van der Waals surface area (Å²) in [6.07, 6.45) is 7.05. The molecule has 0 amide bonds. The first-order valence-electron chi connectivity index (χ1n) is 8.91. The van der Waals surface area contributed by atoms with Crippen molar-refractivity contribution in [2.75, 3.05) is 20.2 Å². The van der Waals surface area contributed by atoms with Crippen LogP contribution >= 0.6 is 24.0 Å². The molecule has 4 nitrogen and oxygen atoms in total.